The highest BCUT2D eigenvalue weighted by molar-refractivity contribution is 14.0. The third kappa shape index (κ3) is 7.58. The summed E-state index contributed by atoms with van der Waals surface area (Å²) in [6.07, 6.45) is 0.940. The number of rotatable bonds is 6. The summed E-state index contributed by atoms with van der Waals surface area (Å²) in [5, 5.41) is 9.26. The highest BCUT2D eigenvalue weighted by atomic mass is 127. The molecule has 0 aromatic heterocycles. The second-order valence-electron chi connectivity index (χ2n) is 6.38. The van der Waals surface area contributed by atoms with Crippen molar-refractivity contribution in [2.24, 2.45) is 4.99 Å². The summed E-state index contributed by atoms with van der Waals surface area (Å²) < 4.78 is 0. The number of hydrogen-bond acceptors (Lipinski definition) is 2. The van der Waals surface area contributed by atoms with Crippen molar-refractivity contribution in [1.82, 2.24) is 16.0 Å². The van der Waals surface area contributed by atoms with Crippen LogP contribution in [0.25, 0.3) is 0 Å². The number of nitrogens with zero attached hydrogens (tertiary/aromatic N) is 1. The van der Waals surface area contributed by atoms with Gasteiger partial charge in [-0.1, -0.05) is 41.5 Å². The Hall–Kier alpha value is -2.09. The molecule has 0 aliphatic rings. The van der Waals surface area contributed by atoms with Gasteiger partial charge in [0.2, 0.25) is 0 Å². The monoisotopic (exact) mass is 480 g/mol. The van der Waals surface area contributed by atoms with Gasteiger partial charge in [0, 0.05) is 32.7 Å². The van der Waals surface area contributed by atoms with Crippen LogP contribution in [0.5, 0.6) is 0 Å². The zero-order valence-electron chi connectivity index (χ0n) is 16.4. The zero-order chi connectivity index (χ0) is 18.9. The van der Waals surface area contributed by atoms with Crippen LogP contribution in [0, 0.1) is 13.8 Å². The van der Waals surface area contributed by atoms with Crippen molar-refractivity contribution in [2.75, 3.05) is 20.6 Å². The lowest BCUT2D eigenvalue weighted by atomic mass is 10.1. The summed E-state index contributed by atoms with van der Waals surface area (Å²) in [5.41, 5.74) is 5.59. The van der Waals surface area contributed by atoms with Crippen LogP contribution in [0.15, 0.2) is 47.5 Å². The molecule has 27 heavy (non-hydrogen) atoms. The van der Waals surface area contributed by atoms with Crippen molar-refractivity contribution in [2.45, 2.75) is 26.8 Å². The SMILES string of the molecule is CN=C(NCCc1cc(C)cc(C)c1)NCc1cccc(C(=O)NC)c1.I. The van der Waals surface area contributed by atoms with E-state index in [0.29, 0.717) is 12.1 Å². The number of benzene rings is 2. The van der Waals surface area contributed by atoms with Gasteiger partial charge < -0.3 is 16.0 Å². The maximum Gasteiger partial charge on any atom is 0.251 e. The number of nitrogens with one attached hydrogen (secondary N) is 3. The first-order chi connectivity index (χ1) is 12.5. The fourth-order valence-electron chi connectivity index (χ4n) is 2.91. The molecule has 0 saturated carbocycles. The lowest BCUT2D eigenvalue weighted by Gasteiger charge is -2.13. The molecular formula is C21H29IN4O. The topological polar surface area (TPSA) is 65.5 Å². The maximum absolute atomic E-state index is 11.7. The first-order valence-electron chi connectivity index (χ1n) is 8.84. The van der Waals surface area contributed by atoms with E-state index in [1.54, 1.807) is 20.2 Å². The lowest BCUT2D eigenvalue weighted by Crippen LogP contribution is -2.37. The van der Waals surface area contributed by atoms with Crippen molar-refractivity contribution in [3.05, 3.63) is 70.3 Å². The average molecular weight is 480 g/mol. The molecule has 0 fully saturated rings. The lowest BCUT2D eigenvalue weighted by molar-refractivity contribution is 0.0963. The van der Waals surface area contributed by atoms with Crippen LogP contribution in [0.2, 0.25) is 0 Å². The molecule has 0 atom stereocenters. The van der Waals surface area contributed by atoms with E-state index >= 15 is 0 Å². The standard InChI is InChI=1S/C21H28N4O.HI/c1-15-10-16(2)12-17(11-15)8-9-24-21(23-4)25-14-18-6-5-7-19(13-18)20(26)22-3;/h5-7,10-13H,8-9,14H2,1-4H3,(H,22,26)(H2,23,24,25);1H. The maximum atomic E-state index is 11.7. The van der Waals surface area contributed by atoms with E-state index in [-0.39, 0.29) is 29.9 Å². The van der Waals surface area contributed by atoms with Gasteiger partial charge in [0.25, 0.3) is 5.91 Å². The minimum atomic E-state index is -0.0807. The molecule has 6 heteroatoms. The van der Waals surface area contributed by atoms with Crippen LogP contribution in [-0.2, 0) is 13.0 Å². The third-order valence-electron chi connectivity index (χ3n) is 4.09. The predicted octanol–water partition coefficient (Wildman–Crippen LogP) is 3.19. The quantitative estimate of drug-likeness (QED) is 0.338. The fraction of sp³-hybridized carbons (Fsp3) is 0.333. The molecule has 2 aromatic carbocycles. The number of guanidine groups is 1. The van der Waals surface area contributed by atoms with Crippen molar-refractivity contribution in [3.8, 4) is 0 Å². The summed E-state index contributed by atoms with van der Waals surface area (Å²) in [6.45, 7) is 5.66. The normalized spacial score (nSPS) is 10.7. The van der Waals surface area contributed by atoms with Gasteiger partial charge in [-0.2, -0.15) is 0 Å². The second kappa shape index (κ2) is 11.6. The number of halogens is 1. The van der Waals surface area contributed by atoms with Crippen LogP contribution in [-0.4, -0.2) is 32.5 Å². The van der Waals surface area contributed by atoms with Gasteiger partial charge in [-0.25, -0.2) is 0 Å². The van der Waals surface area contributed by atoms with Crippen molar-refractivity contribution < 1.29 is 4.79 Å². The molecule has 0 heterocycles. The summed E-state index contributed by atoms with van der Waals surface area (Å²) in [7, 11) is 3.39. The number of aliphatic imine (C=N–C) groups is 1. The smallest absolute Gasteiger partial charge is 0.251 e. The summed E-state index contributed by atoms with van der Waals surface area (Å²) in [4.78, 5) is 16.0. The molecule has 1 amide bonds. The largest absolute Gasteiger partial charge is 0.356 e. The van der Waals surface area contributed by atoms with Crippen LogP contribution < -0.4 is 16.0 Å². The van der Waals surface area contributed by atoms with E-state index in [1.807, 2.05) is 18.2 Å². The Morgan fingerprint density at radius 1 is 1.00 bits per heavy atom. The molecule has 0 spiro atoms. The van der Waals surface area contributed by atoms with Gasteiger partial charge in [0.15, 0.2) is 5.96 Å². The first kappa shape index (κ1) is 23.0. The number of aryl methyl sites for hydroxylation is 2. The summed E-state index contributed by atoms with van der Waals surface area (Å²) >= 11 is 0. The van der Waals surface area contributed by atoms with E-state index in [2.05, 4.69) is 53.0 Å². The Kier molecular flexibility index (Phi) is 9.85. The van der Waals surface area contributed by atoms with Crippen LogP contribution in [0.4, 0.5) is 0 Å². The zero-order valence-corrected chi connectivity index (χ0v) is 18.8. The van der Waals surface area contributed by atoms with E-state index in [0.717, 1.165) is 24.5 Å². The Balaban J connectivity index is 0.00000364. The number of carbonyl (C=O) groups is 1. The van der Waals surface area contributed by atoms with Crippen molar-refractivity contribution >= 4 is 35.8 Å². The Labute approximate surface area is 179 Å². The summed E-state index contributed by atoms with van der Waals surface area (Å²) in [5.74, 6) is 0.669. The number of carbonyl (C=O) groups excluding carboxylic acids is 1. The molecule has 146 valence electrons. The van der Waals surface area contributed by atoms with E-state index < -0.39 is 0 Å². The van der Waals surface area contributed by atoms with Crippen LogP contribution in [0.3, 0.4) is 0 Å². The second-order valence-corrected chi connectivity index (χ2v) is 6.38. The fourth-order valence-corrected chi connectivity index (χ4v) is 2.91. The molecule has 0 radical (unpaired) electrons. The van der Waals surface area contributed by atoms with Gasteiger partial charge in [0.1, 0.15) is 0 Å². The van der Waals surface area contributed by atoms with Gasteiger partial charge in [0.05, 0.1) is 0 Å². The number of hydrogen-bond donors (Lipinski definition) is 3. The van der Waals surface area contributed by atoms with Crippen molar-refractivity contribution in [3.63, 3.8) is 0 Å². The third-order valence-corrected chi connectivity index (χ3v) is 4.09. The van der Waals surface area contributed by atoms with Crippen LogP contribution in [0.1, 0.15) is 32.6 Å². The highest BCUT2D eigenvalue weighted by Crippen LogP contribution is 2.09. The molecular weight excluding hydrogens is 451 g/mol. The minimum absolute atomic E-state index is 0. The van der Waals surface area contributed by atoms with Gasteiger partial charge in [-0.15, -0.1) is 24.0 Å². The van der Waals surface area contributed by atoms with Crippen LogP contribution >= 0.6 is 24.0 Å². The predicted molar refractivity (Wildman–Crippen MR) is 123 cm³/mol. The van der Waals surface area contributed by atoms with Gasteiger partial charge >= 0.3 is 0 Å². The molecule has 5 nitrogen and oxygen atoms in total. The molecule has 2 aromatic rings. The number of amides is 1. The van der Waals surface area contributed by atoms with E-state index in [4.69, 9.17) is 0 Å². The van der Waals surface area contributed by atoms with E-state index in [1.165, 1.54) is 16.7 Å². The van der Waals surface area contributed by atoms with Gasteiger partial charge in [-0.05, 0) is 43.5 Å². The summed E-state index contributed by atoms with van der Waals surface area (Å²) in [6, 6.07) is 14.2. The highest BCUT2D eigenvalue weighted by Gasteiger charge is 2.04. The van der Waals surface area contributed by atoms with Crippen molar-refractivity contribution in [1.29, 1.82) is 0 Å². The van der Waals surface area contributed by atoms with Gasteiger partial charge in [-0.3, -0.25) is 9.79 Å². The molecule has 0 saturated heterocycles. The molecule has 0 unspecified atom stereocenters. The molecule has 0 aliphatic carbocycles. The molecule has 0 aliphatic heterocycles. The molecule has 0 bridgehead atoms. The minimum Gasteiger partial charge on any atom is -0.356 e. The molecule has 3 N–H and O–H groups in total. The molecule has 2 rings (SSSR count). The Morgan fingerprint density at radius 3 is 2.33 bits per heavy atom. The Bertz CT molecular complexity index is 769. The van der Waals surface area contributed by atoms with E-state index in [9.17, 15) is 4.79 Å². The first-order valence-corrected chi connectivity index (χ1v) is 8.84. The average Bonchev–Trinajstić information content (AvgIpc) is 2.63. The Morgan fingerprint density at radius 2 is 1.70 bits per heavy atom.